The number of hydrogen-bond donors (Lipinski definition) is 2. The third kappa shape index (κ3) is 6.72. The maximum atomic E-state index is 13.5. The van der Waals surface area contributed by atoms with Crippen molar-refractivity contribution in [3.63, 3.8) is 0 Å². The Labute approximate surface area is 223 Å². The monoisotopic (exact) mass is 529 g/mol. The molecule has 0 amide bonds. The summed E-state index contributed by atoms with van der Waals surface area (Å²) in [5, 5.41) is 6.26. The zero-order valence-electron chi connectivity index (χ0n) is 23.1. The molecule has 0 spiro atoms. The number of carbonyl (C=O) groups excluding carboxylic acids is 3. The van der Waals surface area contributed by atoms with Gasteiger partial charge < -0.3 is 19.5 Å². The van der Waals surface area contributed by atoms with Gasteiger partial charge in [0.15, 0.2) is 5.65 Å². The molecule has 2 atom stereocenters. The molecule has 2 N–H and O–H groups in total. The second-order valence-electron chi connectivity index (χ2n) is 10.2. The molecule has 11 heteroatoms. The first-order valence-corrected chi connectivity index (χ1v) is 13.3. The third-order valence-corrected chi connectivity index (χ3v) is 6.99. The zero-order valence-corrected chi connectivity index (χ0v) is 23.1. The Bertz CT molecular complexity index is 1160. The molecular formula is C27H39N5O6. The van der Waals surface area contributed by atoms with Gasteiger partial charge in [-0.3, -0.25) is 19.2 Å². The summed E-state index contributed by atoms with van der Waals surface area (Å²) < 4.78 is 17.7. The molecule has 208 valence electrons. The maximum absolute atomic E-state index is 13.5. The SMILES string of the molecule is [C-]#[N+]c1c(C(=O)OC2C(C)CC(C)CC2C)c2nc(C)[nH]n2c1CNC(CC(=O)OCC)CC(=O)OCC. The fourth-order valence-corrected chi connectivity index (χ4v) is 5.55. The quantitative estimate of drug-likeness (QED) is 0.253. The van der Waals surface area contributed by atoms with Crippen molar-refractivity contribution in [3.05, 3.63) is 28.5 Å². The Morgan fingerprint density at radius 1 is 1.11 bits per heavy atom. The fourth-order valence-electron chi connectivity index (χ4n) is 5.55. The Morgan fingerprint density at radius 2 is 1.68 bits per heavy atom. The van der Waals surface area contributed by atoms with Crippen molar-refractivity contribution in [1.82, 2.24) is 19.9 Å². The summed E-state index contributed by atoms with van der Waals surface area (Å²) in [7, 11) is 0. The Kier molecular flexibility index (Phi) is 9.91. The van der Waals surface area contributed by atoms with E-state index in [4.69, 9.17) is 20.8 Å². The molecule has 1 fully saturated rings. The number of fused-ring (bicyclic) bond motifs is 1. The van der Waals surface area contributed by atoms with Crippen molar-refractivity contribution >= 4 is 29.2 Å². The molecule has 1 aliphatic rings. The van der Waals surface area contributed by atoms with Crippen LogP contribution in [0.15, 0.2) is 0 Å². The predicted molar refractivity (Wildman–Crippen MR) is 140 cm³/mol. The van der Waals surface area contributed by atoms with Crippen molar-refractivity contribution in [2.24, 2.45) is 17.8 Å². The van der Waals surface area contributed by atoms with Crippen LogP contribution in [0.4, 0.5) is 5.69 Å². The van der Waals surface area contributed by atoms with Gasteiger partial charge in [-0.2, -0.15) is 0 Å². The van der Waals surface area contributed by atoms with E-state index in [-0.39, 0.29) is 61.8 Å². The third-order valence-electron chi connectivity index (χ3n) is 6.99. The number of H-pyrrole nitrogens is 1. The number of carbonyl (C=O) groups is 3. The zero-order chi connectivity index (χ0) is 28.0. The van der Waals surface area contributed by atoms with Crippen LogP contribution in [0.2, 0.25) is 0 Å². The number of aromatic amines is 1. The lowest BCUT2D eigenvalue weighted by Crippen LogP contribution is -2.37. The number of ether oxygens (including phenoxy) is 3. The molecule has 1 saturated carbocycles. The lowest BCUT2D eigenvalue weighted by Gasteiger charge is -2.37. The van der Waals surface area contributed by atoms with E-state index in [9.17, 15) is 14.4 Å². The van der Waals surface area contributed by atoms with Crippen molar-refractivity contribution in [2.45, 2.75) is 85.9 Å². The minimum absolute atomic E-state index is 0.0543. The largest absolute Gasteiger partial charge is 0.466 e. The van der Waals surface area contributed by atoms with E-state index >= 15 is 0 Å². The van der Waals surface area contributed by atoms with Gasteiger partial charge in [-0.25, -0.2) is 14.6 Å². The van der Waals surface area contributed by atoms with E-state index in [1.165, 1.54) is 0 Å². The van der Waals surface area contributed by atoms with Gasteiger partial charge in [-0.1, -0.05) is 20.8 Å². The molecule has 1 aliphatic carbocycles. The van der Waals surface area contributed by atoms with Crippen LogP contribution in [-0.4, -0.2) is 57.9 Å². The molecule has 0 bridgehead atoms. The fraction of sp³-hybridized carbons (Fsp3) is 0.667. The van der Waals surface area contributed by atoms with E-state index in [0.29, 0.717) is 23.1 Å². The standard InChI is InChI=1S/C27H39N5O6/c1-8-36-21(33)12-19(13-22(34)37-9-2)29-14-20-24(28-7)23(26-30-18(6)31-32(20)26)27(35)38-25-16(4)10-15(3)11-17(25)5/h15-17,19,25,29H,8-14H2,1-6H3,(H,30,31). The van der Waals surface area contributed by atoms with Crippen LogP contribution in [0, 0.1) is 31.2 Å². The first-order valence-electron chi connectivity index (χ1n) is 13.3. The Balaban J connectivity index is 1.89. The van der Waals surface area contributed by atoms with Crippen molar-refractivity contribution in [1.29, 1.82) is 0 Å². The smallest absolute Gasteiger partial charge is 0.331 e. The van der Waals surface area contributed by atoms with Gasteiger partial charge in [-0.15, -0.1) is 0 Å². The first-order chi connectivity index (χ1) is 18.1. The number of hydrogen-bond acceptors (Lipinski definition) is 8. The van der Waals surface area contributed by atoms with Gasteiger partial charge in [0.2, 0.25) is 5.69 Å². The summed E-state index contributed by atoms with van der Waals surface area (Å²) in [5.41, 5.74) is 1.01. The lowest BCUT2D eigenvalue weighted by molar-refractivity contribution is -0.145. The van der Waals surface area contributed by atoms with Gasteiger partial charge >= 0.3 is 17.9 Å². The van der Waals surface area contributed by atoms with Gasteiger partial charge in [0.1, 0.15) is 17.5 Å². The predicted octanol–water partition coefficient (Wildman–Crippen LogP) is 4.11. The van der Waals surface area contributed by atoms with Gasteiger partial charge in [-0.05, 0) is 51.4 Å². The van der Waals surface area contributed by atoms with Crippen LogP contribution in [0.25, 0.3) is 10.5 Å². The van der Waals surface area contributed by atoms with E-state index in [1.807, 2.05) is 0 Å². The van der Waals surface area contributed by atoms with Crippen molar-refractivity contribution < 1.29 is 28.6 Å². The molecule has 2 unspecified atom stereocenters. The van der Waals surface area contributed by atoms with Crippen molar-refractivity contribution in [3.8, 4) is 0 Å². The number of rotatable bonds is 11. The molecule has 2 aromatic heterocycles. The molecule has 2 aromatic rings. The van der Waals surface area contributed by atoms with Crippen LogP contribution in [0.3, 0.4) is 0 Å². The summed E-state index contributed by atoms with van der Waals surface area (Å²) in [6, 6.07) is -0.595. The van der Waals surface area contributed by atoms with E-state index in [1.54, 1.807) is 25.3 Å². The van der Waals surface area contributed by atoms with Crippen LogP contribution in [-0.2, 0) is 30.3 Å². The van der Waals surface area contributed by atoms with Crippen molar-refractivity contribution in [2.75, 3.05) is 13.2 Å². The highest BCUT2D eigenvalue weighted by Gasteiger charge is 2.36. The molecule has 38 heavy (non-hydrogen) atoms. The number of aryl methyl sites for hydroxylation is 1. The Hall–Kier alpha value is -3.39. The van der Waals surface area contributed by atoms with E-state index in [2.05, 4.69) is 41.0 Å². The summed E-state index contributed by atoms with van der Waals surface area (Å²) in [6.07, 6.45) is 1.60. The molecule has 0 aromatic carbocycles. The molecule has 11 nitrogen and oxygen atoms in total. The molecular weight excluding hydrogens is 490 g/mol. The summed E-state index contributed by atoms with van der Waals surface area (Å²) >= 11 is 0. The molecule has 2 heterocycles. The highest BCUT2D eigenvalue weighted by molar-refractivity contribution is 6.03. The number of nitrogens with one attached hydrogen (secondary N) is 2. The van der Waals surface area contributed by atoms with Gasteiger partial charge in [0, 0.05) is 12.6 Å². The average molecular weight is 530 g/mol. The highest BCUT2D eigenvalue weighted by Crippen LogP contribution is 2.37. The minimum Gasteiger partial charge on any atom is -0.466 e. The lowest BCUT2D eigenvalue weighted by atomic mass is 9.75. The van der Waals surface area contributed by atoms with Crippen LogP contribution >= 0.6 is 0 Å². The molecule has 0 radical (unpaired) electrons. The maximum Gasteiger partial charge on any atom is 0.331 e. The summed E-state index contributed by atoms with van der Waals surface area (Å²) in [4.78, 5) is 46.0. The highest BCUT2D eigenvalue weighted by atomic mass is 16.5. The topological polar surface area (TPSA) is 128 Å². The van der Waals surface area contributed by atoms with E-state index < -0.39 is 23.9 Å². The Morgan fingerprint density at radius 3 is 2.21 bits per heavy atom. The normalized spacial score (nSPS) is 21.3. The molecule has 0 saturated heterocycles. The first kappa shape index (κ1) is 29.2. The second kappa shape index (κ2) is 12.9. The van der Waals surface area contributed by atoms with E-state index in [0.717, 1.165) is 12.8 Å². The van der Waals surface area contributed by atoms with Crippen LogP contribution in [0.1, 0.15) is 82.2 Å². The number of aromatic nitrogens is 3. The molecule has 3 rings (SSSR count). The van der Waals surface area contributed by atoms with Gasteiger partial charge in [0.25, 0.3) is 0 Å². The number of nitrogens with zero attached hydrogens (tertiary/aromatic N) is 3. The second-order valence-corrected chi connectivity index (χ2v) is 10.2. The summed E-state index contributed by atoms with van der Waals surface area (Å²) in [6.45, 7) is 20.0. The van der Waals surface area contributed by atoms with Gasteiger partial charge in [0.05, 0.1) is 38.3 Å². The average Bonchev–Trinajstić information content (AvgIpc) is 3.34. The molecule has 0 aliphatic heterocycles. The minimum atomic E-state index is -0.595. The van der Waals surface area contributed by atoms with Crippen LogP contribution < -0.4 is 5.32 Å². The number of esters is 3. The van der Waals surface area contributed by atoms with Crippen LogP contribution in [0.5, 0.6) is 0 Å². The summed E-state index contributed by atoms with van der Waals surface area (Å²) in [5.74, 6) is 0.0763.